The summed E-state index contributed by atoms with van der Waals surface area (Å²) in [6.07, 6.45) is -0.560. The second-order valence-corrected chi connectivity index (χ2v) is 5.47. The van der Waals surface area contributed by atoms with E-state index in [4.69, 9.17) is 10.5 Å². The molecule has 0 fully saturated rings. The van der Waals surface area contributed by atoms with Crippen LogP contribution in [0.25, 0.3) is 10.8 Å². The Labute approximate surface area is 151 Å². The van der Waals surface area contributed by atoms with Gasteiger partial charge < -0.3 is 15.4 Å². The lowest BCUT2D eigenvalue weighted by Gasteiger charge is -2.18. The number of amides is 2. The van der Waals surface area contributed by atoms with E-state index in [9.17, 15) is 9.59 Å². The minimum Gasteiger partial charge on any atom is -0.434 e. The topological polar surface area (TPSA) is 115 Å². The molecule has 0 aliphatic heterocycles. The first kappa shape index (κ1) is 18.8. The van der Waals surface area contributed by atoms with Crippen molar-refractivity contribution in [3.63, 3.8) is 0 Å². The second kappa shape index (κ2) is 9.65. The van der Waals surface area contributed by atoms with E-state index in [1.54, 1.807) is 6.07 Å². The van der Waals surface area contributed by atoms with Gasteiger partial charge in [-0.1, -0.05) is 42.5 Å². The van der Waals surface area contributed by atoms with Crippen molar-refractivity contribution in [2.45, 2.75) is 12.3 Å². The van der Waals surface area contributed by atoms with Crippen LogP contribution in [-0.2, 0) is 9.53 Å². The summed E-state index contributed by atoms with van der Waals surface area (Å²) in [5, 5.41) is 24.3. The molecular formula is C19H18N4O3. The minimum absolute atomic E-state index is 0.0149. The van der Waals surface area contributed by atoms with Crippen LogP contribution in [-0.4, -0.2) is 31.7 Å². The highest BCUT2D eigenvalue weighted by molar-refractivity contribution is 5.88. The summed E-state index contributed by atoms with van der Waals surface area (Å²) in [6.45, 7) is -0.111. The molecule has 2 aromatic rings. The summed E-state index contributed by atoms with van der Waals surface area (Å²) in [6, 6.07) is 17.1. The van der Waals surface area contributed by atoms with E-state index in [0.717, 1.165) is 16.3 Å². The number of rotatable bonds is 7. The van der Waals surface area contributed by atoms with Gasteiger partial charge in [0, 0.05) is 13.1 Å². The molecule has 0 bridgehead atoms. The van der Waals surface area contributed by atoms with Crippen LogP contribution in [0.5, 0.6) is 0 Å². The molecule has 7 heteroatoms. The molecule has 0 heterocycles. The zero-order chi connectivity index (χ0) is 18.8. The quantitative estimate of drug-likeness (QED) is 0.743. The number of fused-ring (bicyclic) bond motifs is 1. The Morgan fingerprint density at radius 3 is 2.54 bits per heavy atom. The van der Waals surface area contributed by atoms with Gasteiger partial charge in [-0.05, 0) is 16.3 Å². The Hall–Kier alpha value is -3.58. The van der Waals surface area contributed by atoms with Gasteiger partial charge in [0.2, 0.25) is 5.91 Å². The standard InChI is InChI=1S/C19H18N4O3/c20-8-3-10-22-18(24)17(13-23-19(25)26-11-9-21)16-7-6-14-4-1-2-5-15(14)12-16/h1-2,4-7,12,17H,3,10-11,13H2,(H,22,24)(H,23,25). The SMILES string of the molecule is N#CCCNC(=O)C(CNC(=O)OCC#N)c1ccc2ccccc2c1. The number of alkyl carbamates (subject to hydrolysis) is 1. The molecule has 1 unspecified atom stereocenters. The number of nitriles is 2. The van der Waals surface area contributed by atoms with E-state index < -0.39 is 12.0 Å². The predicted molar refractivity (Wildman–Crippen MR) is 94.9 cm³/mol. The predicted octanol–water partition coefficient (Wildman–Crippen LogP) is 2.20. The van der Waals surface area contributed by atoms with E-state index in [1.807, 2.05) is 48.5 Å². The molecule has 132 valence electrons. The van der Waals surface area contributed by atoms with Crippen molar-refractivity contribution in [3.8, 4) is 12.1 Å². The zero-order valence-electron chi connectivity index (χ0n) is 14.1. The van der Waals surface area contributed by atoms with Crippen LogP contribution in [0.3, 0.4) is 0 Å². The van der Waals surface area contributed by atoms with Crippen molar-refractivity contribution in [2.24, 2.45) is 0 Å². The summed E-state index contributed by atoms with van der Waals surface area (Å²) < 4.78 is 4.64. The van der Waals surface area contributed by atoms with E-state index in [-0.39, 0.29) is 32.0 Å². The van der Waals surface area contributed by atoms with Gasteiger partial charge in [-0.3, -0.25) is 4.79 Å². The van der Waals surface area contributed by atoms with Crippen LogP contribution < -0.4 is 10.6 Å². The Balaban J connectivity index is 2.17. The van der Waals surface area contributed by atoms with Crippen LogP contribution >= 0.6 is 0 Å². The average Bonchev–Trinajstić information content (AvgIpc) is 2.66. The maximum absolute atomic E-state index is 12.5. The number of nitrogens with zero attached hydrogens (tertiary/aromatic N) is 2. The molecule has 0 aromatic heterocycles. The fourth-order valence-corrected chi connectivity index (χ4v) is 2.49. The fraction of sp³-hybridized carbons (Fsp3) is 0.263. The number of benzene rings is 2. The first-order valence-corrected chi connectivity index (χ1v) is 8.06. The van der Waals surface area contributed by atoms with Gasteiger partial charge in [-0.25, -0.2) is 4.79 Å². The first-order valence-electron chi connectivity index (χ1n) is 8.06. The molecule has 0 aliphatic carbocycles. The van der Waals surface area contributed by atoms with Gasteiger partial charge >= 0.3 is 6.09 Å². The lowest BCUT2D eigenvalue weighted by atomic mass is 9.95. The molecule has 2 rings (SSSR count). The third-order valence-corrected chi connectivity index (χ3v) is 3.75. The first-order chi connectivity index (χ1) is 12.7. The van der Waals surface area contributed by atoms with E-state index in [0.29, 0.717) is 0 Å². The van der Waals surface area contributed by atoms with Gasteiger partial charge in [-0.15, -0.1) is 0 Å². The van der Waals surface area contributed by atoms with E-state index >= 15 is 0 Å². The Kier molecular flexibility index (Phi) is 6.96. The number of carbonyl (C=O) groups excluding carboxylic acids is 2. The van der Waals surface area contributed by atoms with Gasteiger partial charge in [0.05, 0.1) is 18.4 Å². The lowest BCUT2D eigenvalue weighted by Crippen LogP contribution is -2.38. The van der Waals surface area contributed by atoms with Gasteiger partial charge in [-0.2, -0.15) is 10.5 Å². The third-order valence-electron chi connectivity index (χ3n) is 3.75. The van der Waals surface area contributed by atoms with Crippen LogP contribution in [0.4, 0.5) is 4.79 Å². The molecule has 7 nitrogen and oxygen atoms in total. The van der Waals surface area contributed by atoms with Gasteiger partial charge in [0.1, 0.15) is 6.07 Å². The molecule has 0 aliphatic rings. The number of ether oxygens (including phenoxy) is 1. The summed E-state index contributed by atoms with van der Waals surface area (Å²) in [5.41, 5.74) is 0.735. The van der Waals surface area contributed by atoms with Gasteiger partial charge in [0.15, 0.2) is 6.61 Å². The van der Waals surface area contributed by atoms with Crippen molar-refractivity contribution in [3.05, 3.63) is 48.0 Å². The summed E-state index contributed by atoms with van der Waals surface area (Å²) in [5.74, 6) is -0.941. The maximum atomic E-state index is 12.5. The molecule has 1 atom stereocenters. The molecule has 2 N–H and O–H groups in total. The lowest BCUT2D eigenvalue weighted by molar-refractivity contribution is -0.122. The van der Waals surface area contributed by atoms with Crippen LogP contribution in [0.15, 0.2) is 42.5 Å². The second-order valence-electron chi connectivity index (χ2n) is 5.47. The average molecular weight is 350 g/mol. The highest BCUT2D eigenvalue weighted by Gasteiger charge is 2.22. The Morgan fingerprint density at radius 1 is 1.04 bits per heavy atom. The highest BCUT2D eigenvalue weighted by Crippen LogP contribution is 2.22. The number of hydrogen-bond acceptors (Lipinski definition) is 5. The third kappa shape index (κ3) is 5.22. The Morgan fingerprint density at radius 2 is 1.81 bits per heavy atom. The zero-order valence-corrected chi connectivity index (χ0v) is 14.1. The molecule has 0 saturated carbocycles. The highest BCUT2D eigenvalue weighted by atomic mass is 16.5. The molecule has 0 radical (unpaired) electrons. The number of nitrogens with one attached hydrogen (secondary N) is 2. The summed E-state index contributed by atoms with van der Waals surface area (Å²) in [4.78, 5) is 24.1. The fourth-order valence-electron chi connectivity index (χ4n) is 2.49. The summed E-state index contributed by atoms with van der Waals surface area (Å²) in [7, 11) is 0. The van der Waals surface area contributed by atoms with Crippen LogP contribution in [0.1, 0.15) is 17.9 Å². The monoisotopic (exact) mass is 350 g/mol. The summed E-state index contributed by atoms with van der Waals surface area (Å²) >= 11 is 0. The van der Waals surface area contributed by atoms with Crippen molar-refractivity contribution >= 4 is 22.8 Å². The molecular weight excluding hydrogens is 332 g/mol. The normalized spacial score (nSPS) is 11.0. The van der Waals surface area contributed by atoms with Crippen LogP contribution in [0, 0.1) is 22.7 Å². The smallest absolute Gasteiger partial charge is 0.408 e. The number of hydrogen-bond donors (Lipinski definition) is 2. The minimum atomic E-state index is -0.762. The van der Waals surface area contributed by atoms with E-state index in [1.165, 1.54) is 0 Å². The Bertz CT molecular complexity index is 867. The molecule has 26 heavy (non-hydrogen) atoms. The largest absolute Gasteiger partial charge is 0.434 e. The van der Waals surface area contributed by atoms with E-state index in [2.05, 4.69) is 15.4 Å². The number of carbonyl (C=O) groups is 2. The molecule has 2 aromatic carbocycles. The van der Waals surface area contributed by atoms with Crippen molar-refractivity contribution in [2.75, 3.05) is 19.7 Å². The van der Waals surface area contributed by atoms with Gasteiger partial charge in [0.25, 0.3) is 0 Å². The van der Waals surface area contributed by atoms with Crippen LogP contribution in [0.2, 0.25) is 0 Å². The van der Waals surface area contributed by atoms with Crippen molar-refractivity contribution in [1.29, 1.82) is 10.5 Å². The van der Waals surface area contributed by atoms with Crippen molar-refractivity contribution < 1.29 is 14.3 Å². The molecule has 0 spiro atoms. The maximum Gasteiger partial charge on any atom is 0.408 e. The molecule has 0 saturated heterocycles. The van der Waals surface area contributed by atoms with Crippen molar-refractivity contribution in [1.82, 2.24) is 10.6 Å². The molecule has 2 amide bonds.